The minimum atomic E-state index is -3.56. The van der Waals surface area contributed by atoms with Crippen molar-refractivity contribution in [1.82, 2.24) is 5.32 Å². The van der Waals surface area contributed by atoms with Gasteiger partial charge in [-0.2, -0.15) is 0 Å². The second-order valence-electron chi connectivity index (χ2n) is 7.53. The van der Waals surface area contributed by atoms with E-state index in [-0.39, 0.29) is 30.2 Å². The van der Waals surface area contributed by atoms with Crippen LogP contribution < -0.4 is 14.8 Å². The average Bonchev–Trinajstić information content (AvgIpc) is 2.59. The molecule has 0 aliphatic heterocycles. The fraction of sp³-hybridized carbons (Fsp3) is 0.350. The van der Waals surface area contributed by atoms with Gasteiger partial charge >= 0.3 is 0 Å². The van der Waals surface area contributed by atoms with E-state index in [0.29, 0.717) is 11.3 Å². The Balaban J connectivity index is 1.85. The first-order valence-electron chi connectivity index (χ1n) is 8.70. The van der Waals surface area contributed by atoms with E-state index in [1.165, 1.54) is 23.8 Å². The third-order valence-corrected chi connectivity index (χ3v) is 4.50. The summed E-state index contributed by atoms with van der Waals surface area (Å²) in [5.74, 6) is -0.476. The Morgan fingerprint density at radius 2 is 1.75 bits per heavy atom. The van der Waals surface area contributed by atoms with Crippen LogP contribution in [0.25, 0.3) is 0 Å². The molecule has 0 atom stereocenters. The smallest absolute Gasteiger partial charge is 0.258 e. The number of hydrogen-bond acceptors (Lipinski definition) is 4. The van der Waals surface area contributed by atoms with Crippen molar-refractivity contribution in [2.75, 3.05) is 17.6 Å². The summed E-state index contributed by atoms with van der Waals surface area (Å²) in [7, 11) is -3.56. The van der Waals surface area contributed by atoms with E-state index in [1.54, 1.807) is 0 Å². The van der Waals surface area contributed by atoms with Gasteiger partial charge in [0.1, 0.15) is 11.6 Å². The second kappa shape index (κ2) is 8.60. The Labute approximate surface area is 165 Å². The van der Waals surface area contributed by atoms with Crippen LogP contribution in [0.2, 0.25) is 0 Å². The number of hydrogen-bond donors (Lipinski definition) is 2. The summed E-state index contributed by atoms with van der Waals surface area (Å²) in [6.45, 7) is 6.28. The van der Waals surface area contributed by atoms with Gasteiger partial charge in [-0.05, 0) is 40.8 Å². The number of anilines is 1. The lowest BCUT2D eigenvalue weighted by Gasteiger charge is -2.19. The van der Waals surface area contributed by atoms with Gasteiger partial charge in [-0.25, -0.2) is 12.8 Å². The predicted octanol–water partition coefficient (Wildman–Crippen LogP) is 3.19. The van der Waals surface area contributed by atoms with E-state index in [0.717, 1.165) is 6.26 Å². The van der Waals surface area contributed by atoms with Crippen LogP contribution in [0.15, 0.2) is 42.5 Å². The van der Waals surface area contributed by atoms with Gasteiger partial charge in [-0.1, -0.05) is 39.0 Å². The summed E-state index contributed by atoms with van der Waals surface area (Å²) < 4.78 is 43.8. The minimum Gasteiger partial charge on any atom is -0.484 e. The van der Waals surface area contributed by atoms with Gasteiger partial charge in [0.15, 0.2) is 6.61 Å². The lowest BCUT2D eigenvalue weighted by molar-refractivity contribution is -0.123. The molecule has 0 bridgehead atoms. The number of halogens is 1. The fourth-order valence-corrected chi connectivity index (χ4v) is 2.97. The Morgan fingerprint density at radius 3 is 2.29 bits per heavy atom. The van der Waals surface area contributed by atoms with Gasteiger partial charge in [0.05, 0.1) is 11.9 Å². The van der Waals surface area contributed by atoms with Crippen molar-refractivity contribution in [1.29, 1.82) is 0 Å². The largest absolute Gasteiger partial charge is 0.484 e. The summed E-state index contributed by atoms with van der Waals surface area (Å²) in [4.78, 5) is 11.9. The van der Waals surface area contributed by atoms with Gasteiger partial charge < -0.3 is 10.1 Å². The number of benzene rings is 2. The molecule has 0 aromatic heterocycles. The molecule has 0 aliphatic carbocycles. The van der Waals surface area contributed by atoms with E-state index in [9.17, 15) is 17.6 Å². The highest BCUT2D eigenvalue weighted by atomic mass is 32.2. The minimum absolute atomic E-state index is 0.0392. The van der Waals surface area contributed by atoms with Crippen LogP contribution in [0.4, 0.5) is 10.1 Å². The van der Waals surface area contributed by atoms with E-state index < -0.39 is 15.8 Å². The molecule has 0 spiro atoms. The lowest BCUT2D eigenvalue weighted by atomic mass is 9.87. The van der Waals surface area contributed by atoms with Gasteiger partial charge in [-0.15, -0.1) is 0 Å². The topological polar surface area (TPSA) is 84.5 Å². The third-order valence-electron chi connectivity index (χ3n) is 3.91. The number of carbonyl (C=O) groups excluding carboxylic acids is 1. The predicted molar refractivity (Wildman–Crippen MR) is 107 cm³/mol. The quantitative estimate of drug-likeness (QED) is 0.737. The molecule has 2 aromatic carbocycles. The molecule has 2 aromatic rings. The zero-order chi connectivity index (χ0) is 20.9. The van der Waals surface area contributed by atoms with Crippen molar-refractivity contribution in [3.8, 4) is 5.75 Å². The number of sulfonamides is 1. The van der Waals surface area contributed by atoms with Crippen LogP contribution >= 0.6 is 0 Å². The van der Waals surface area contributed by atoms with Crippen molar-refractivity contribution in [3.63, 3.8) is 0 Å². The van der Waals surface area contributed by atoms with Crippen molar-refractivity contribution < 1.29 is 22.3 Å². The van der Waals surface area contributed by atoms with Gasteiger partial charge in [0, 0.05) is 6.54 Å². The normalized spacial score (nSPS) is 11.8. The first-order chi connectivity index (χ1) is 12.9. The van der Waals surface area contributed by atoms with E-state index in [4.69, 9.17) is 4.74 Å². The number of carbonyl (C=O) groups is 1. The summed E-state index contributed by atoms with van der Waals surface area (Å²) in [6, 6.07) is 11.6. The molecule has 2 rings (SSSR count). The zero-order valence-corrected chi connectivity index (χ0v) is 17.2. The van der Waals surface area contributed by atoms with Gasteiger partial charge in [0.25, 0.3) is 5.91 Å². The summed E-state index contributed by atoms with van der Waals surface area (Å²) in [5, 5.41) is 2.63. The maximum Gasteiger partial charge on any atom is 0.258 e. The Bertz CT molecular complexity index is 936. The molecule has 0 heterocycles. The molecule has 152 valence electrons. The molecule has 0 saturated heterocycles. The third kappa shape index (κ3) is 6.84. The van der Waals surface area contributed by atoms with E-state index in [1.807, 2.05) is 24.3 Å². The molecule has 6 nitrogen and oxygen atoms in total. The van der Waals surface area contributed by atoms with E-state index in [2.05, 4.69) is 30.8 Å². The first kappa shape index (κ1) is 21.7. The summed E-state index contributed by atoms with van der Waals surface area (Å²) in [5.41, 5.74) is 1.57. The van der Waals surface area contributed by atoms with Gasteiger partial charge in [0.2, 0.25) is 10.0 Å². The number of rotatable bonds is 7. The van der Waals surface area contributed by atoms with E-state index >= 15 is 0 Å². The van der Waals surface area contributed by atoms with Crippen LogP contribution in [0.5, 0.6) is 5.75 Å². The Kier molecular flexibility index (Phi) is 6.66. The second-order valence-corrected chi connectivity index (χ2v) is 9.28. The highest BCUT2D eigenvalue weighted by Crippen LogP contribution is 2.24. The SMILES string of the molecule is CC(C)(C)c1ccc(OCC(=O)NCc2ccc(NS(C)(=O)=O)c(F)c2)cc1. The zero-order valence-electron chi connectivity index (χ0n) is 16.4. The molecular formula is C20H25FN2O4S. The highest BCUT2D eigenvalue weighted by Gasteiger charge is 2.13. The molecule has 0 unspecified atom stereocenters. The standard InChI is InChI=1S/C20H25FN2O4S/c1-20(2,3)15-6-8-16(9-7-15)27-13-19(24)22-12-14-5-10-18(17(21)11-14)23-28(4,25)26/h5-11,23H,12-13H2,1-4H3,(H,22,24). The molecule has 8 heteroatoms. The number of ether oxygens (including phenoxy) is 1. The van der Waals surface area contributed by atoms with Crippen molar-refractivity contribution in [3.05, 3.63) is 59.4 Å². The summed E-state index contributed by atoms with van der Waals surface area (Å²) >= 11 is 0. The monoisotopic (exact) mass is 408 g/mol. The maximum atomic E-state index is 13.9. The highest BCUT2D eigenvalue weighted by molar-refractivity contribution is 7.92. The van der Waals surface area contributed by atoms with Crippen molar-refractivity contribution in [2.24, 2.45) is 0 Å². The lowest BCUT2D eigenvalue weighted by Crippen LogP contribution is -2.28. The molecule has 0 saturated carbocycles. The van der Waals surface area contributed by atoms with Crippen molar-refractivity contribution in [2.45, 2.75) is 32.7 Å². The number of amides is 1. The Morgan fingerprint density at radius 1 is 1.11 bits per heavy atom. The fourth-order valence-electron chi connectivity index (χ4n) is 2.40. The van der Waals surface area contributed by atoms with Crippen LogP contribution in [0.3, 0.4) is 0 Å². The molecule has 0 aliphatic rings. The Hall–Kier alpha value is -2.61. The average molecular weight is 408 g/mol. The molecular weight excluding hydrogens is 383 g/mol. The van der Waals surface area contributed by atoms with Crippen LogP contribution in [-0.4, -0.2) is 27.2 Å². The number of nitrogens with one attached hydrogen (secondary N) is 2. The van der Waals surface area contributed by atoms with Crippen molar-refractivity contribution >= 4 is 21.6 Å². The van der Waals surface area contributed by atoms with Gasteiger partial charge in [-0.3, -0.25) is 9.52 Å². The molecule has 1 amide bonds. The molecule has 2 N–H and O–H groups in total. The first-order valence-corrected chi connectivity index (χ1v) is 10.6. The van der Waals surface area contributed by atoms with Crippen LogP contribution in [0.1, 0.15) is 31.9 Å². The van der Waals surface area contributed by atoms with Crippen LogP contribution in [0, 0.1) is 5.82 Å². The molecule has 0 fully saturated rings. The summed E-state index contributed by atoms with van der Waals surface area (Å²) in [6.07, 6.45) is 0.942. The maximum absolute atomic E-state index is 13.9. The molecule has 0 radical (unpaired) electrons. The molecule has 28 heavy (non-hydrogen) atoms. The van der Waals surface area contributed by atoms with Crippen LogP contribution in [-0.2, 0) is 26.8 Å².